The van der Waals surface area contributed by atoms with Crippen LogP contribution in [-0.2, 0) is 4.79 Å². The quantitative estimate of drug-likeness (QED) is 0.682. The van der Waals surface area contributed by atoms with Crippen LogP contribution >= 0.6 is 0 Å². The Morgan fingerprint density at radius 1 is 1.44 bits per heavy atom. The van der Waals surface area contributed by atoms with Gasteiger partial charge in [-0.1, -0.05) is 32.6 Å². The van der Waals surface area contributed by atoms with E-state index in [1.165, 1.54) is 19.3 Å². The maximum atomic E-state index is 11.9. The van der Waals surface area contributed by atoms with E-state index in [0.29, 0.717) is 6.04 Å². The Labute approximate surface area is 99.2 Å². The fraction of sp³-hybridized carbons (Fsp3) is 0.923. The van der Waals surface area contributed by atoms with Crippen LogP contribution in [0, 0.1) is 5.92 Å². The summed E-state index contributed by atoms with van der Waals surface area (Å²) in [6.45, 7) is 4.29. The second-order valence-corrected chi connectivity index (χ2v) is 5.11. The van der Waals surface area contributed by atoms with Crippen LogP contribution in [0.15, 0.2) is 0 Å². The van der Waals surface area contributed by atoms with Gasteiger partial charge in [0, 0.05) is 12.1 Å². The van der Waals surface area contributed by atoms with Gasteiger partial charge in [-0.05, 0) is 26.2 Å². The lowest BCUT2D eigenvalue weighted by Gasteiger charge is -2.19. The van der Waals surface area contributed by atoms with Gasteiger partial charge in [0.15, 0.2) is 0 Å². The molecule has 16 heavy (non-hydrogen) atoms. The molecule has 3 heteroatoms. The molecule has 1 rings (SSSR count). The van der Waals surface area contributed by atoms with Crippen molar-refractivity contribution in [3.8, 4) is 0 Å². The smallest absolute Gasteiger partial charge is 0.224 e. The van der Waals surface area contributed by atoms with E-state index in [1.54, 1.807) is 0 Å². The SMILES string of the molecule is CCCCCC(C)NC(=O)C1CCCC1N. The van der Waals surface area contributed by atoms with Gasteiger partial charge in [0.2, 0.25) is 5.91 Å². The molecule has 0 aromatic heterocycles. The maximum Gasteiger partial charge on any atom is 0.224 e. The largest absolute Gasteiger partial charge is 0.353 e. The molecule has 0 aromatic rings. The first-order valence-corrected chi connectivity index (χ1v) is 6.71. The first-order chi connectivity index (χ1) is 7.65. The average Bonchev–Trinajstić information content (AvgIpc) is 2.65. The summed E-state index contributed by atoms with van der Waals surface area (Å²) in [5, 5.41) is 3.09. The van der Waals surface area contributed by atoms with Crippen molar-refractivity contribution < 1.29 is 4.79 Å². The lowest BCUT2D eigenvalue weighted by Crippen LogP contribution is -2.42. The van der Waals surface area contributed by atoms with Gasteiger partial charge < -0.3 is 11.1 Å². The second kappa shape index (κ2) is 6.89. The predicted octanol–water partition coefficient (Wildman–Crippen LogP) is 2.20. The van der Waals surface area contributed by atoms with Crippen molar-refractivity contribution in [2.75, 3.05) is 0 Å². The normalized spacial score (nSPS) is 26.7. The van der Waals surface area contributed by atoms with E-state index in [2.05, 4.69) is 19.2 Å². The van der Waals surface area contributed by atoms with Crippen LogP contribution in [0.3, 0.4) is 0 Å². The van der Waals surface area contributed by atoms with Crippen molar-refractivity contribution >= 4 is 5.91 Å². The Bertz CT molecular complexity index is 218. The zero-order valence-electron chi connectivity index (χ0n) is 10.7. The zero-order valence-corrected chi connectivity index (χ0v) is 10.7. The number of amides is 1. The number of hydrogen-bond acceptors (Lipinski definition) is 2. The highest BCUT2D eigenvalue weighted by molar-refractivity contribution is 5.79. The van der Waals surface area contributed by atoms with Gasteiger partial charge in [-0.25, -0.2) is 0 Å². The third-order valence-electron chi connectivity index (χ3n) is 3.54. The highest BCUT2D eigenvalue weighted by Crippen LogP contribution is 2.24. The van der Waals surface area contributed by atoms with E-state index in [-0.39, 0.29) is 17.9 Å². The van der Waals surface area contributed by atoms with Crippen molar-refractivity contribution in [3.63, 3.8) is 0 Å². The molecular weight excluding hydrogens is 200 g/mol. The zero-order chi connectivity index (χ0) is 12.0. The molecule has 0 spiro atoms. The predicted molar refractivity (Wildman–Crippen MR) is 67.1 cm³/mol. The fourth-order valence-corrected chi connectivity index (χ4v) is 2.44. The van der Waals surface area contributed by atoms with Crippen molar-refractivity contribution in [1.29, 1.82) is 0 Å². The number of rotatable bonds is 6. The molecule has 3 nitrogen and oxygen atoms in total. The average molecular weight is 226 g/mol. The number of nitrogens with two attached hydrogens (primary N) is 1. The molecule has 1 saturated carbocycles. The molecule has 0 aromatic carbocycles. The third kappa shape index (κ3) is 4.12. The number of unbranched alkanes of at least 4 members (excludes halogenated alkanes) is 2. The molecule has 1 fully saturated rings. The molecule has 1 aliphatic rings. The lowest BCUT2D eigenvalue weighted by atomic mass is 10.0. The van der Waals surface area contributed by atoms with Gasteiger partial charge in [0.1, 0.15) is 0 Å². The molecule has 0 aliphatic heterocycles. The van der Waals surface area contributed by atoms with Gasteiger partial charge in [0.05, 0.1) is 5.92 Å². The van der Waals surface area contributed by atoms with E-state index in [4.69, 9.17) is 5.73 Å². The van der Waals surface area contributed by atoms with Crippen LogP contribution in [0.25, 0.3) is 0 Å². The molecule has 3 N–H and O–H groups in total. The van der Waals surface area contributed by atoms with E-state index in [1.807, 2.05) is 0 Å². The van der Waals surface area contributed by atoms with Gasteiger partial charge >= 0.3 is 0 Å². The first kappa shape index (κ1) is 13.5. The molecule has 1 amide bonds. The van der Waals surface area contributed by atoms with Crippen LogP contribution in [0.5, 0.6) is 0 Å². The van der Waals surface area contributed by atoms with Crippen LogP contribution < -0.4 is 11.1 Å². The molecule has 1 aliphatic carbocycles. The Balaban J connectivity index is 2.22. The summed E-state index contributed by atoms with van der Waals surface area (Å²) in [5.74, 6) is 0.239. The topological polar surface area (TPSA) is 55.1 Å². The minimum atomic E-state index is 0.0635. The van der Waals surface area contributed by atoms with Crippen molar-refractivity contribution in [2.45, 2.75) is 70.9 Å². The van der Waals surface area contributed by atoms with E-state index in [9.17, 15) is 4.79 Å². The number of carbonyl (C=O) groups is 1. The summed E-state index contributed by atoms with van der Waals surface area (Å²) in [5.41, 5.74) is 5.92. The van der Waals surface area contributed by atoms with Crippen molar-refractivity contribution in [3.05, 3.63) is 0 Å². The van der Waals surface area contributed by atoms with Crippen molar-refractivity contribution in [1.82, 2.24) is 5.32 Å². The Kier molecular flexibility index (Phi) is 5.81. The molecule has 0 heterocycles. The summed E-state index contributed by atoms with van der Waals surface area (Å²) in [4.78, 5) is 11.9. The van der Waals surface area contributed by atoms with Gasteiger partial charge in [-0.15, -0.1) is 0 Å². The van der Waals surface area contributed by atoms with Gasteiger partial charge in [-0.3, -0.25) is 4.79 Å². The number of hydrogen-bond donors (Lipinski definition) is 2. The monoisotopic (exact) mass is 226 g/mol. The van der Waals surface area contributed by atoms with E-state index >= 15 is 0 Å². The minimum Gasteiger partial charge on any atom is -0.353 e. The second-order valence-electron chi connectivity index (χ2n) is 5.11. The van der Waals surface area contributed by atoms with Crippen molar-refractivity contribution in [2.24, 2.45) is 11.7 Å². The molecule has 94 valence electrons. The van der Waals surface area contributed by atoms with Gasteiger partial charge in [0.25, 0.3) is 0 Å². The molecule has 3 atom stereocenters. The summed E-state index contributed by atoms with van der Waals surface area (Å²) in [6.07, 6.45) is 7.84. The van der Waals surface area contributed by atoms with Crippen LogP contribution in [0.1, 0.15) is 58.8 Å². The first-order valence-electron chi connectivity index (χ1n) is 6.71. The standard InChI is InChI=1S/C13H26N2O/c1-3-4-5-7-10(2)15-13(16)11-8-6-9-12(11)14/h10-12H,3-9,14H2,1-2H3,(H,15,16). The van der Waals surface area contributed by atoms with E-state index < -0.39 is 0 Å². The van der Waals surface area contributed by atoms with Crippen LogP contribution in [0.4, 0.5) is 0 Å². The van der Waals surface area contributed by atoms with Crippen LogP contribution in [0.2, 0.25) is 0 Å². The minimum absolute atomic E-state index is 0.0635. The Hall–Kier alpha value is -0.570. The summed E-state index contributed by atoms with van der Waals surface area (Å²) < 4.78 is 0. The Morgan fingerprint density at radius 3 is 2.75 bits per heavy atom. The summed E-state index contributed by atoms with van der Waals surface area (Å²) >= 11 is 0. The number of nitrogens with one attached hydrogen (secondary N) is 1. The molecule has 3 unspecified atom stereocenters. The van der Waals surface area contributed by atoms with Gasteiger partial charge in [-0.2, -0.15) is 0 Å². The highest BCUT2D eigenvalue weighted by Gasteiger charge is 2.30. The molecule has 0 bridgehead atoms. The fourth-order valence-electron chi connectivity index (χ4n) is 2.44. The maximum absolute atomic E-state index is 11.9. The Morgan fingerprint density at radius 2 is 2.19 bits per heavy atom. The van der Waals surface area contributed by atoms with Crippen LogP contribution in [-0.4, -0.2) is 18.0 Å². The number of carbonyl (C=O) groups excluding carboxylic acids is 1. The molecule has 0 saturated heterocycles. The third-order valence-corrected chi connectivity index (χ3v) is 3.54. The lowest BCUT2D eigenvalue weighted by molar-refractivity contribution is -0.125. The molecular formula is C13H26N2O. The van der Waals surface area contributed by atoms with E-state index in [0.717, 1.165) is 25.7 Å². The summed E-state index contributed by atoms with van der Waals surface area (Å²) in [6, 6.07) is 0.384. The molecule has 0 radical (unpaired) electrons. The summed E-state index contributed by atoms with van der Waals surface area (Å²) in [7, 11) is 0. The highest BCUT2D eigenvalue weighted by atomic mass is 16.2.